The van der Waals surface area contributed by atoms with Gasteiger partial charge in [0, 0.05) is 77.5 Å². The summed E-state index contributed by atoms with van der Waals surface area (Å²) in [7, 11) is 0. The molecule has 0 saturated heterocycles. The van der Waals surface area contributed by atoms with Gasteiger partial charge < -0.3 is 19.8 Å². The second-order valence-corrected chi connectivity index (χ2v) is 0.921. The Morgan fingerprint density at radius 1 is 1.00 bits per heavy atom. The molecule has 0 bridgehead atoms. The maximum absolute atomic E-state index is 9.28. The van der Waals surface area contributed by atoms with Crippen LogP contribution in [0.2, 0.25) is 0 Å². The number of hydrogen-bond donors (Lipinski definition) is 0. The maximum Gasteiger partial charge on any atom is 0.0470 e. The zero-order chi connectivity index (χ0) is 5.86. The van der Waals surface area contributed by atoms with Crippen molar-refractivity contribution in [1.82, 2.24) is 0 Å². The predicted molar refractivity (Wildman–Crippen MR) is 26.1 cm³/mol. The Balaban J connectivity index is -0.000000180. The van der Waals surface area contributed by atoms with Gasteiger partial charge in [0.25, 0.3) is 0 Å². The molecule has 0 amide bonds. The van der Waals surface area contributed by atoms with E-state index in [1.807, 2.05) is 0 Å². The van der Waals surface area contributed by atoms with Gasteiger partial charge in [0.15, 0.2) is 0 Å². The van der Waals surface area contributed by atoms with E-state index in [0.717, 1.165) is 0 Å². The van der Waals surface area contributed by atoms with Crippen molar-refractivity contribution >= 4 is 71.1 Å². The van der Waals surface area contributed by atoms with Crippen molar-refractivity contribution in [1.29, 1.82) is 0 Å². The van der Waals surface area contributed by atoms with Crippen molar-refractivity contribution in [2.24, 2.45) is 0 Å². The summed E-state index contributed by atoms with van der Waals surface area (Å²) in [5.41, 5.74) is 0. The molecule has 6 heteroatoms. The number of carbonyl (C=O) groups excluding carboxylic acids is 2. The molecular weight excluding hydrogens is 146 g/mol. The summed E-state index contributed by atoms with van der Waals surface area (Å²) in [5.74, 6) is -3.25. The van der Waals surface area contributed by atoms with Gasteiger partial charge >= 0.3 is 0 Å². The fraction of sp³-hybridized carbons (Fsp3) is 0.333. The van der Waals surface area contributed by atoms with Crippen LogP contribution in [-0.4, -0.2) is 71.1 Å². The van der Waals surface area contributed by atoms with Gasteiger partial charge in [-0.1, -0.05) is 0 Å². The Labute approximate surface area is 96.2 Å². The molecule has 0 saturated carbocycles. The van der Waals surface area contributed by atoms with E-state index in [2.05, 4.69) is 0 Å². The molecule has 2 radical (unpaired) electrons. The Bertz CT molecular complexity index is 90.0. The molecule has 9 heavy (non-hydrogen) atoms. The zero-order valence-electron chi connectivity index (χ0n) is 5.34. The summed E-state index contributed by atoms with van der Waals surface area (Å²) in [6.45, 7) is 0. The van der Waals surface area contributed by atoms with Gasteiger partial charge in [0.2, 0.25) is 0 Å². The van der Waals surface area contributed by atoms with Gasteiger partial charge in [-0.2, -0.15) is 0 Å². The molecule has 0 aliphatic carbocycles. The first-order valence-corrected chi connectivity index (χ1v) is 1.52. The van der Waals surface area contributed by atoms with Gasteiger partial charge in [-0.3, -0.25) is 0 Å². The fourth-order valence-electron chi connectivity index (χ4n) is 0.118. The van der Waals surface area contributed by atoms with Crippen LogP contribution in [0.4, 0.5) is 0 Å². The summed E-state index contributed by atoms with van der Waals surface area (Å²) in [6.07, 6.45) is -1.03. The number of aliphatic carboxylic acids is 2. The quantitative estimate of drug-likeness (QED) is 0.296. The molecule has 0 aromatic carbocycles. The van der Waals surface area contributed by atoms with Crippen molar-refractivity contribution < 1.29 is 19.8 Å². The molecule has 0 fully saturated rings. The molecule has 0 spiro atoms. The van der Waals surface area contributed by atoms with Crippen LogP contribution in [0.5, 0.6) is 0 Å². The van der Waals surface area contributed by atoms with Crippen LogP contribution >= 0.6 is 0 Å². The number of hydrogen-bond acceptors (Lipinski definition) is 4. The molecule has 0 aromatic rings. The molecule has 0 N–H and O–H groups in total. The first-order chi connectivity index (χ1) is 3.13. The summed E-state index contributed by atoms with van der Waals surface area (Å²) in [5, 5.41) is 18.6. The van der Waals surface area contributed by atoms with Crippen LogP contribution in [0.1, 0.15) is 6.42 Å². The SMILES string of the molecule is O=C([O-])CC(=O)[O-].[Na].[Na]. The van der Waals surface area contributed by atoms with Crippen LogP contribution in [0, 0.1) is 0 Å². The van der Waals surface area contributed by atoms with Crippen molar-refractivity contribution in [2.45, 2.75) is 6.42 Å². The summed E-state index contributed by atoms with van der Waals surface area (Å²) >= 11 is 0. The molecule has 0 atom stereocenters. The van der Waals surface area contributed by atoms with E-state index in [4.69, 9.17) is 0 Å². The molecule has 0 aliphatic rings. The minimum atomic E-state index is -1.63. The average Bonchev–Trinajstić information content (AvgIpc) is 1.27. The van der Waals surface area contributed by atoms with Crippen LogP contribution in [-0.2, 0) is 9.59 Å². The molecule has 0 rings (SSSR count). The van der Waals surface area contributed by atoms with Crippen LogP contribution in [0.15, 0.2) is 0 Å². The van der Waals surface area contributed by atoms with E-state index < -0.39 is 18.4 Å². The van der Waals surface area contributed by atoms with Gasteiger partial charge in [0.1, 0.15) is 0 Å². The first kappa shape index (κ1) is 16.5. The van der Waals surface area contributed by atoms with Gasteiger partial charge in [-0.25, -0.2) is 0 Å². The fourth-order valence-corrected chi connectivity index (χ4v) is 0.118. The molecule has 42 valence electrons. The number of carbonyl (C=O) groups is 2. The van der Waals surface area contributed by atoms with Crippen LogP contribution in [0.25, 0.3) is 0 Å². The van der Waals surface area contributed by atoms with Gasteiger partial charge in [-0.15, -0.1) is 0 Å². The van der Waals surface area contributed by atoms with Crippen molar-refractivity contribution in [3.05, 3.63) is 0 Å². The zero-order valence-corrected chi connectivity index (χ0v) is 9.34. The van der Waals surface area contributed by atoms with E-state index in [1.54, 1.807) is 0 Å². The van der Waals surface area contributed by atoms with Crippen molar-refractivity contribution in [3.63, 3.8) is 0 Å². The topological polar surface area (TPSA) is 80.3 Å². The summed E-state index contributed by atoms with van der Waals surface area (Å²) in [4.78, 5) is 18.6. The largest absolute Gasteiger partial charge is 0.550 e. The Kier molecular flexibility index (Phi) is 16.4. The predicted octanol–water partition coefficient (Wildman–Crippen LogP) is -3.89. The van der Waals surface area contributed by atoms with Gasteiger partial charge in [-0.05, 0) is 0 Å². The third-order valence-corrected chi connectivity index (χ3v) is 0.289. The second kappa shape index (κ2) is 8.94. The summed E-state index contributed by atoms with van der Waals surface area (Å²) < 4.78 is 0. The smallest absolute Gasteiger partial charge is 0.0470 e. The maximum atomic E-state index is 9.28. The standard InChI is InChI=1S/C3H4O4.2Na/c4-2(5)1-3(6)7;;/h1H2,(H,4,5)(H,6,7);;/p-2. The van der Waals surface area contributed by atoms with E-state index in [-0.39, 0.29) is 59.1 Å². The van der Waals surface area contributed by atoms with E-state index >= 15 is 0 Å². The second-order valence-electron chi connectivity index (χ2n) is 0.921. The van der Waals surface area contributed by atoms with Crippen molar-refractivity contribution in [3.8, 4) is 0 Å². The molecule has 0 heterocycles. The normalized spacial score (nSPS) is 6.22. The van der Waals surface area contributed by atoms with Gasteiger partial charge in [0.05, 0.1) is 0 Å². The van der Waals surface area contributed by atoms with Crippen LogP contribution < -0.4 is 10.2 Å². The average molecular weight is 148 g/mol. The Morgan fingerprint density at radius 2 is 1.22 bits per heavy atom. The van der Waals surface area contributed by atoms with E-state index in [0.29, 0.717) is 0 Å². The third-order valence-electron chi connectivity index (χ3n) is 0.289. The monoisotopic (exact) mass is 148 g/mol. The molecule has 0 aliphatic heterocycles. The van der Waals surface area contributed by atoms with E-state index in [1.165, 1.54) is 0 Å². The third kappa shape index (κ3) is 17.6. The molecule has 0 unspecified atom stereocenters. The Hall–Kier alpha value is 0.940. The minimum Gasteiger partial charge on any atom is -0.550 e. The van der Waals surface area contributed by atoms with Crippen molar-refractivity contribution in [2.75, 3.05) is 0 Å². The summed E-state index contributed by atoms with van der Waals surface area (Å²) in [6, 6.07) is 0. The first-order valence-electron chi connectivity index (χ1n) is 1.52. The Morgan fingerprint density at radius 3 is 1.22 bits per heavy atom. The number of rotatable bonds is 2. The minimum absolute atomic E-state index is 0. The molecule has 4 nitrogen and oxygen atoms in total. The molecular formula is C3H2Na2O4-2. The van der Waals surface area contributed by atoms with E-state index in [9.17, 15) is 19.8 Å². The number of carboxylic acids is 2. The molecule has 0 aromatic heterocycles. The number of carboxylic acid groups (broad SMARTS) is 2. The van der Waals surface area contributed by atoms with Crippen LogP contribution in [0.3, 0.4) is 0 Å².